The van der Waals surface area contributed by atoms with Gasteiger partial charge in [0.15, 0.2) is 0 Å². The minimum Gasteiger partial charge on any atom is -0.453 e. The molecule has 0 bridgehead atoms. The van der Waals surface area contributed by atoms with Crippen LogP contribution < -0.4 is 5.32 Å². The van der Waals surface area contributed by atoms with Gasteiger partial charge in [-0.05, 0) is 54.2 Å². The van der Waals surface area contributed by atoms with Crippen LogP contribution in [0.25, 0.3) is 22.2 Å². The van der Waals surface area contributed by atoms with Crippen LogP contribution in [0.5, 0.6) is 0 Å². The number of hydrogen-bond acceptors (Lipinski definition) is 4. The molecule has 8 heteroatoms. The van der Waals surface area contributed by atoms with Gasteiger partial charge in [-0.25, -0.2) is 9.78 Å². The maximum Gasteiger partial charge on any atom is 0.407 e. The van der Waals surface area contributed by atoms with Crippen LogP contribution in [0.4, 0.5) is 4.79 Å². The molecule has 2 N–H and O–H groups in total. The highest BCUT2D eigenvalue weighted by Crippen LogP contribution is 2.33. The first-order chi connectivity index (χ1) is 15.4. The van der Waals surface area contributed by atoms with Crippen molar-refractivity contribution in [3.8, 4) is 11.1 Å². The van der Waals surface area contributed by atoms with Crippen molar-refractivity contribution in [3.63, 3.8) is 0 Å². The average Bonchev–Trinajstić information content (AvgIpc) is 3.43. The summed E-state index contributed by atoms with van der Waals surface area (Å²) in [5.74, 6) is 0.607. The quantitative estimate of drug-likeness (QED) is 0.515. The fourth-order valence-electron chi connectivity index (χ4n) is 4.20. The van der Waals surface area contributed by atoms with E-state index >= 15 is 0 Å². The van der Waals surface area contributed by atoms with E-state index < -0.39 is 12.1 Å². The van der Waals surface area contributed by atoms with Crippen LogP contribution in [0, 0.1) is 5.92 Å². The lowest BCUT2D eigenvalue weighted by molar-refractivity contribution is -0.135. The van der Waals surface area contributed by atoms with E-state index in [0.29, 0.717) is 6.54 Å². The van der Waals surface area contributed by atoms with Crippen molar-refractivity contribution >= 4 is 39.0 Å². The van der Waals surface area contributed by atoms with E-state index in [1.807, 2.05) is 36.9 Å². The van der Waals surface area contributed by atoms with Gasteiger partial charge >= 0.3 is 6.09 Å². The highest BCUT2D eigenvalue weighted by Gasteiger charge is 2.37. The Morgan fingerprint density at radius 3 is 2.59 bits per heavy atom. The second-order valence-electron chi connectivity index (χ2n) is 8.41. The van der Waals surface area contributed by atoms with Crippen molar-refractivity contribution in [1.29, 1.82) is 0 Å². The third-order valence-corrected chi connectivity index (χ3v) is 6.45. The molecule has 1 fully saturated rings. The van der Waals surface area contributed by atoms with E-state index in [2.05, 4.69) is 50.5 Å². The number of carbonyl (C=O) groups excluding carboxylic acids is 2. The molecule has 0 spiro atoms. The summed E-state index contributed by atoms with van der Waals surface area (Å²) in [4.78, 5) is 35.1. The van der Waals surface area contributed by atoms with E-state index in [4.69, 9.17) is 9.72 Å². The van der Waals surface area contributed by atoms with Crippen molar-refractivity contribution in [2.75, 3.05) is 13.7 Å². The van der Waals surface area contributed by atoms with Crippen LogP contribution in [0.2, 0.25) is 0 Å². The van der Waals surface area contributed by atoms with Crippen LogP contribution in [0.3, 0.4) is 0 Å². The summed E-state index contributed by atoms with van der Waals surface area (Å²) in [5.41, 5.74) is 4.03. The van der Waals surface area contributed by atoms with Gasteiger partial charge < -0.3 is 19.9 Å². The van der Waals surface area contributed by atoms with Gasteiger partial charge in [0.25, 0.3) is 0 Å². The summed E-state index contributed by atoms with van der Waals surface area (Å²) < 4.78 is 5.75. The molecule has 1 saturated heterocycles. The molecule has 1 aliphatic rings. The van der Waals surface area contributed by atoms with E-state index in [9.17, 15) is 9.59 Å². The van der Waals surface area contributed by atoms with Gasteiger partial charge in [0.2, 0.25) is 5.91 Å². The standard InChI is InChI=1S/C24H27BrN4O3/c1-14(2)21(28-24(31)32-3)23(30)29-12-4-5-20(29)22-26-18-11-8-16(13-19(18)27-22)15-6-9-17(25)10-7-15/h6-11,13-14,20-21H,4-5,12H2,1-3H3,(H,26,27)(H,28,31)/t20-,21-/m0/s1. The maximum atomic E-state index is 13.3. The van der Waals surface area contributed by atoms with Gasteiger partial charge in [-0.2, -0.15) is 0 Å². The molecular formula is C24H27BrN4O3. The molecule has 3 aromatic rings. The lowest BCUT2D eigenvalue weighted by Gasteiger charge is -2.29. The number of aromatic nitrogens is 2. The zero-order chi connectivity index (χ0) is 22.8. The number of rotatable bonds is 5. The molecule has 32 heavy (non-hydrogen) atoms. The zero-order valence-electron chi connectivity index (χ0n) is 18.4. The molecule has 4 rings (SSSR count). The zero-order valence-corrected chi connectivity index (χ0v) is 20.0. The van der Waals surface area contributed by atoms with Gasteiger partial charge in [-0.3, -0.25) is 4.79 Å². The first-order valence-corrected chi connectivity index (χ1v) is 11.6. The van der Waals surface area contributed by atoms with E-state index in [1.165, 1.54) is 7.11 Å². The summed E-state index contributed by atoms with van der Waals surface area (Å²) in [5, 5.41) is 2.68. The number of halogens is 1. The molecule has 0 saturated carbocycles. The van der Waals surface area contributed by atoms with Crippen molar-refractivity contribution in [3.05, 3.63) is 52.8 Å². The normalized spacial score (nSPS) is 17.0. The highest BCUT2D eigenvalue weighted by molar-refractivity contribution is 9.10. The Hall–Kier alpha value is -2.87. The second-order valence-corrected chi connectivity index (χ2v) is 9.32. The molecule has 2 amide bonds. The number of nitrogens with zero attached hydrogens (tertiary/aromatic N) is 2. The topological polar surface area (TPSA) is 87.3 Å². The lowest BCUT2D eigenvalue weighted by atomic mass is 10.0. The summed E-state index contributed by atoms with van der Waals surface area (Å²) in [6.45, 7) is 4.46. The number of nitrogens with one attached hydrogen (secondary N) is 2. The number of aromatic amines is 1. The van der Waals surface area contributed by atoms with Gasteiger partial charge in [0, 0.05) is 11.0 Å². The number of hydrogen-bond donors (Lipinski definition) is 2. The molecule has 168 valence electrons. The highest BCUT2D eigenvalue weighted by atomic mass is 79.9. The molecular weight excluding hydrogens is 472 g/mol. The third-order valence-electron chi connectivity index (χ3n) is 5.92. The number of imidazole rings is 1. The van der Waals surface area contributed by atoms with Crippen molar-refractivity contribution in [1.82, 2.24) is 20.2 Å². The van der Waals surface area contributed by atoms with Crippen LogP contribution in [0.1, 0.15) is 38.6 Å². The molecule has 0 radical (unpaired) electrons. The summed E-state index contributed by atoms with van der Waals surface area (Å²) >= 11 is 3.47. The summed E-state index contributed by atoms with van der Waals surface area (Å²) in [6.07, 6.45) is 1.12. The lowest BCUT2D eigenvalue weighted by Crippen LogP contribution is -2.51. The molecule has 1 aromatic heterocycles. The molecule has 1 aliphatic heterocycles. The minimum absolute atomic E-state index is 0.0630. The summed E-state index contributed by atoms with van der Waals surface area (Å²) in [6, 6.07) is 13.5. The number of carbonyl (C=O) groups is 2. The molecule has 2 heterocycles. The second kappa shape index (κ2) is 9.32. The van der Waals surface area contributed by atoms with E-state index in [1.54, 1.807) is 0 Å². The van der Waals surface area contributed by atoms with Crippen molar-refractivity contribution in [2.24, 2.45) is 5.92 Å². The smallest absolute Gasteiger partial charge is 0.407 e. The van der Waals surface area contributed by atoms with Crippen molar-refractivity contribution < 1.29 is 14.3 Å². The van der Waals surface area contributed by atoms with Crippen LogP contribution >= 0.6 is 15.9 Å². The number of amides is 2. The SMILES string of the molecule is COC(=O)N[C@H](C(=O)N1CCC[C@H]1c1nc2ccc(-c3ccc(Br)cc3)cc2[nH]1)C(C)C. The molecule has 0 aliphatic carbocycles. The minimum atomic E-state index is -0.642. The Bertz CT molecular complexity index is 1130. The molecule has 7 nitrogen and oxygen atoms in total. The predicted molar refractivity (Wildman–Crippen MR) is 127 cm³/mol. The number of methoxy groups -OCH3 is 1. The first kappa shape index (κ1) is 22.3. The summed E-state index contributed by atoms with van der Waals surface area (Å²) in [7, 11) is 1.30. The van der Waals surface area contributed by atoms with Crippen LogP contribution in [-0.2, 0) is 9.53 Å². The van der Waals surface area contributed by atoms with Gasteiger partial charge in [-0.15, -0.1) is 0 Å². The Labute approximate surface area is 195 Å². The average molecular weight is 499 g/mol. The molecule has 2 aromatic carbocycles. The van der Waals surface area contributed by atoms with E-state index in [0.717, 1.165) is 45.3 Å². The number of H-pyrrole nitrogens is 1. The number of fused-ring (bicyclic) bond motifs is 1. The fourth-order valence-corrected chi connectivity index (χ4v) is 4.47. The number of likely N-dealkylation sites (tertiary alicyclic amines) is 1. The monoisotopic (exact) mass is 498 g/mol. The largest absolute Gasteiger partial charge is 0.453 e. The van der Waals surface area contributed by atoms with Crippen molar-refractivity contribution in [2.45, 2.75) is 38.8 Å². The third kappa shape index (κ3) is 4.50. The predicted octanol–water partition coefficient (Wildman–Crippen LogP) is 5.04. The van der Waals surface area contributed by atoms with Gasteiger partial charge in [-0.1, -0.05) is 48.0 Å². The van der Waals surface area contributed by atoms with Gasteiger partial charge in [0.1, 0.15) is 11.9 Å². The first-order valence-electron chi connectivity index (χ1n) is 10.8. The Kier molecular flexibility index (Phi) is 6.50. The maximum absolute atomic E-state index is 13.3. The fraction of sp³-hybridized carbons (Fsp3) is 0.375. The van der Waals surface area contributed by atoms with E-state index in [-0.39, 0.29) is 17.9 Å². The Balaban J connectivity index is 1.60. The Morgan fingerprint density at radius 2 is 1.91 bits per heavy atom. The molecule has 2 atom stereocenters. The van der Waals surface area contributed by atoms with Gasteiger partial charge in [0.05, 0.1) is 24.2 Å². The number of benzene rings is 2. The molecule has 0 unspecified atom stereocenters. The number of alkyl carbamates (subject to hydrolysis) is 1. The van der Waals surface area contributed by atoms with Crippen LogP contribution in [-0.4, -0.2) is 46.6 Å². The number of ether oxygens (including phenoxy) is 1. The van der Waals surface area contributed by atoms with Crippen LogP contribution in [0.15, 0.2) is 46.9 Å². The Morgan fingerprint density at radius 1 is 1.19 bits per heavy atom.